The molecular formula is C26H27F3N2O4S. The normalized spacial score (nSPS) is 11.8. The number of nitrogens with one attached hydrogen (secondary N) is 1. The van der Waals surface area contributed by atoms with Gasteiger partial charge in [-0.3, -0.25) is 4.55 Å². The van der Waals surface area contributed by atoms with Crippen molar-refractivity contribution in [3.8, 4) is 0 Å². The molecule has 0 unspecified atom stereocenters. The van der Waals surface area contributed by atoms with E-state index in [0.717, 1.165) is 11.1 Å². The maximum Gasteiger partial charge on any atom is 0.437 e. The summed E-state index contributed by atoms with van der Waals surface area (Å²) < 4.78 is 65.3. The Balaban J connectivity index is 0.000000233. The van der Waals surface area contributed by atoms with E-state index in [2.05, 4.69) is 28.3 Å². The highest BCUT2D eigenvalue weighted by Gasteiger charge is 2.37. The molecule has 4 aromatic rings. The van der Waals surface area contributed by atoms with Gasteiger partial charge in [0, 0.05) is 17.3 Å². The predicted octanol–water partition coefficient (Wildman–Crippen LogP) is 6.47. The van der Waals surface area contributed by atoms with Gasteiger partial charge in [-0.25, -0.2) is 0 Å². The van der Waals surface area contributed by atoms with Crippen molar-refractivity contribution in [3.63, 3.8) is 0 Å². The number of halogens is 3. The molecule has 0 aliphatic rings. The third-order valence-corrected chi connectivity index (χ3v) is 5.70. The number of benzene rings is 3. The van der Waals surface area contributed by atoms with Gasteiger partial charge in [-0.15, -0.1) is 0 Å². The Kier molecular flexibility index (Phi) is 10.7. The molecule has 3 aromatic carbocycles. The Morgan fingerprint density at radius 1 is 0.889 bits per heavy atom. The molecule has 0 fully saturated rings. The predicted molar refractivity (Wildman–Crippen MR) is 135 cm³/mol. The zero-order chi connectivity index (χ0) is 26.6. The van der Waals surface area contributed by atoms with Crippen LogP contribution < -0.4 is 0 Å². The van der Waals surface area contributed by atoms with Gasteiger partial charge < -0.3 is 10.2 Å². The SMILES string of the molecule is CCCS(=O)(=O)O.ON=C(c1ccc(Cc2ccccc2)cc1)C(F)(F)F.c1ccc2[nH]ccc2c1. The molecule has 0 amide bonds. The molecule has 192 valence electrons. The highest BCUT2D eigenvalue weighted by molar-refractivity contribution is 7.85. The summed E-state index contributed by atoms with van der Waals surface area (Å²) in [6.07, 6.45) is -1.61. The molecule has 6 nitrogen and oxygen atoms in total. The average Bonchev–Trinajstić information content (AvgIpc) is 3.30. The van der Waals surface area contributed by atoms with Crippen LogP contribution in [0, 0.1) is 0 Å². The van der Waals surface area contributed by atoms with E-state index in [1.165, 1.54) is 23.0 Å². The lowest BCUT2D eigenvalue weighted by Gasteiger charge is -2.09. The number of H-pyrrole nitrogens is 1. The molecule has 3 N–H and O–H groups in total. The third kappa shape index (κ3) is 9.93. The number of oxime groups is 1. The third-order valence-electron chi connectivity index (χ3n) is 4.77. The first-order valence-corrected chi connectivity index (χ1v) is 12.5. The molecule has 0 aliphatic heterocycles. The molecule has 1 aromatic heterocycles. The average molecular weight is 521 g/mol. The van der Waals surface area contributed by atoms with Gasteiger partial charge in [0.1, 0.15) is 0 Å². The zero-order valence-corrected chi connectivity index (χ0v) is 20.3. The monoisotopic (exact) mass is 520 g/mol. The van der Waals surface area contributed by atoms with Crippen LogP contribution in [0.2, 0.25) is 0 Å². The van der Waals surface area contributed by atoms with Crippen molar-refractivity contribution in [2.24, 2.45) is 5.16 Å². The van der Waals surface area contributed by atoms with E-state index in [4.69, 9.17) is 9.76 Å². The molecule has 4 rings (SSSR count). The van der Waals surface area contributed by atoms with E-state index < -0.39 is 22.0 Å². The first kappa shape index (κ1) is 28.6. The lowest BCUT2D eigenvalue weighted by atomic mass is 10.0. The van der Waals surface area contributed by atoms with Crippen LogP contribution in [-0.2, 0) is 16.5 Å². The summed E-state index contributed by atoms with van der Waals surface area (Å²) in [5.74, 6) is -0.132. The number of rotatable bonds is 5. The standard InChI is InChI=1S/C15H12F3NO.C8H7N.C3H8O3S/c16-15(17,18)14(19-20)13-8-6-12(7-9-13)10-11-4-2-1-3-5-11;1-2-4-8-7(3-1)5-6-9-8;1-2-3-7(4,5)6/h1-9,20H,10H2;1-6,9H;2-3H2,1H3,(H,4,5,6). The van der Waals surface area contributed by atoms with E-state index >= 15 is 0 Å². The van der Waals surface area contributed by atoms with Crippen LogP contribution in [0.15, 0.2) is 96.3 Å². The van der Waals surface area contributed by atoms with Gasteiger partial charge in [-0.2, -0.15) is 21.6 Å². The summed E-state index contributed by atoms with van der Waals surface area (Å²) in [4.78, 5) is 3.12. The van der Waals surface area contributed by atoms with Gasteiger partial charge in [-0.05, 0) is 41.5 Å². The summed E-state index contributed by atoms with van der Waals surface area (Å²) >= 11 is 0. The number of para-hydroxylation sites is 1. The summed E-state index contributed by atoms with van der Waals surface area (Å²) in [5.41, 5.74) is 1.73. The van der Waals surface area contributed by atoms with Crippen molar-refractivity contribution in [1.82, 2.24) is 4.98 Å². The Morgan fingerprint density at radius 3 is 1.97 bits per heavy atom. The van der Waals surface area contributed by atoms with Crippen molar-refractivity contribution in [1.29, 1.82) is 0 Å². The summed E-state index contributed by atoms with van der Waals surface area (Å²) in [5, 5.41) is 12.1. The largest absolute Gasteiger partial charge is 0.437 e. The minimum Gasteiger partial charge on any atom is -0.410 e. The molecule has 0 spiro atoms. The summed E-state index contributed by atoms with van der Waals surface area (Å²) in [7, 11) is -3.67. The smallest absolute Gasteiger partial charge is 0.410 e. The summed E-state index contributed by atoms with van der Waals surface area (Å²) in [6.45, 7) is 1.69. The van der Waals surface area contributed by atoms with Crippen molar-refractivity contribution in [2.75, 3.05) is 5.75 Å². The second-order valence-electron chi connectivity index (χ2n) is 7.66. The van der Waals surface area contributed by atoms with E-state index in [0.29, 0.717) is 12.8 Å². The fourth-order valence-corrected chi connectivity index (χ4v) is 3.66. The first-order chi connectivity index (χ1) is 17.0. The molecule has 0 radical (unpaired) electrons. The van der Waals surface area contributed by atoms with Crippen LogP contribution in [-0.4, -0.2) is 40.8 Å². The summed E-state index contributed by atoms with van der Waals surface area (Å²) in [6, 6.07) is 25.7. The number of fused-ring (bicyclic) bond motifs is 1. The lowest BCUT2D eigenvalue weighted by molar-refractivity contribution is -0.0601. The van der Waals surface area contributed by atoms with Gasteiger partial charge in [0.25, 0.3) is 10.1 Å². The van der Waals surface area contributed by atoms with Gasteiger partial charge in [0.15, 0.2) is 5.71 Å². The molecule has 0 aliphatic carbocycles. The Labute approximate surface area is 207 Å². The zero-order valence-electron chi connectivity index (χ0n) is 19.5. The molecular weight excluding hydrogens is 493 g/mol. The van der Waals surface area contributed by atoms with Gasteiger partial charge in [0.05, 0.1) is 5.75 Å². The van der Waals surface area contributed by atoms with Gasteiger partial charge >= 0.3 is 6.18 Å². The lowest BCUT2D eigenvalue weighted by Crippen LogP contribution is -2.24. The Hall–Kier alpha value is -3.63. The molecule has 0 atom stereocenters. The molecule has 1 heterocycles. The number of aromatic nitrogens is 1. The van der Waals surface area contributed by atoms with Crippen molar-refractivity contribution >= 4 is 26.7 Å². The van der Waals surface area contributed by atoms with Crippen LogP contribution in [0.5, 0.6) is 0 Å². The fourth-order valence-electron chi connectivity index (χ4n) is 3.14. The van der Waals surface area contributed by atoms with Crippen molar-refractivity contribution in [3.05, 3.63) is 108 Å². The highest BCUT2D eigenvalue weighted by atomic mass is 32.2. The molecule has 0 saturated carbocycles. The van der Waals surface area contributed by atoms with E-state index in [1.54, 1.807) is 19.1 Å². The van der Waals surface area contributed by atoms with E-state index in [-0.39, 0.29) is 11.3 Å². The van der Waals surface area contributed by atoms with Crippen molar-refractivity contribution < 1.29 is 31.3 Å². The maximum absolute atomic E-state index is 12.6. The second-order valence-corrected chi connectivity index (χ2v) is 9.23. The molecule has 36 heavy (non-hydrogen) atoms. The number of nitrogens with zero attached hydrogens (tertiary/aromatic N) is 1. The highest BCUT2D eigenvalue weighted by Crippen LogP contribution is 2.23. The number of hydrogen-bond donors (Lipinski definition) is 3. The number of alkyl halides is 3. The Bertz CT molecular complexity index is 1300. The number of aromatic amines is 1. The minimum absolute atomic E-state index is 0.132. The van der Waals surface area contributed by atoms with Crippen LogP contribution in [0.25, 0.3) is 10.9 Å². The van der Waals surface area contributed by atoms with Crippen LogP contribution in [0.4, 0.5) is 13.2 Å². The topological polar surface area (TPSA) is 103 Å². The van der Waals surface area contributed by atoms with Crippen LogP contribution >= 0.6 is 0 Å². The Morgan fingerprint density at radius 2 is 1.47 bits per heavy atom. The molecule has 0 bridgehead atoms. The van der Waals surface area contributed by atoms with Gasteiger partial charge in [0.2, 0.25) is 0 Å². The number of hydrogen-bond acceptors (Lipinski definition) is 4. The molecule has 10 heteroatoms. The maximum atomic E-state index is 12.6. The second kappa shape index (κ2) is 13.5. The van der Waals surface area contributed by atoms with Crippen LogP contribution in [0.3, 0.4) is 0 Å². The fraction of sp³-hybridized carbons (Fsp3) is 0.192. The quantitative estimate of drug-likeness (QED) is 0.121. The van der Waals surface area contributed by atoms with E-state index in [9.17, 15) is 21.6 Å². The van der Waals surface area contributed by atoms with Crippen LogP contribution in [0.1, 0.15) is 30.0 Å². The minimum atomic E-state index is -4.67. The van der Waals surface area contributed by atoms with E-state index in [1.807, 2.05) is 48.7 Å². The molecule has 0 saturated heterocycles. The van der Waals surface area contributed by atoms with Gasteiger partial charge in [-0.1, -0.05) is 84.9 Å². The van der Waals surface area contributed by atoms with Crippen molar-refractivity contribution in [2.45, 2.75) is 25.9 Å². The first-order valence-electron chi connectivity index (χ1n) is 10.9.